The van der Waals surface area contributed by atoms with Gasteiger partial charge in [-0.3, -0.25) is 9.78 Å². The molecule has 0 saturated heterocycles. The Hall–Kier alpha value is -4.40. The first-order valence-electron chi connectivity index (χ1n) is 11.1. The molecule has 0 bridgehead atoms. The molecular weight excluding hydrogens is 472 g/mol. The van der Waals surface area contributed by atoms with Crippen molar-refractivity contribution < 1.29 is 14.3 Å². The van der Waals surface area contributed by atoms with Gasteiger partial charge in [-0.05, 0) is 54.4 Å². The van der Waals surface area contributed by atoms with E-state index in [-0.39, 0.29) is 5.91 Å². The normalized spacial score (nSPS) is 11.3. The highest BCUT2D eigenvalue weighted by Gasteiger charge is 2.20. The molecule has 36 heavy (non-hydrogen) atoms. The molecule has 1 amide bonds. The number of amides is 1. The third-order valence-corrected chi connectivity index (χ3v) is 6.51. The van der Waals surface area contributed by atoms with Gasteiger partial charge in [-0.1, -0.05) is 30.3 Å². The van der Waals surface area contributed by atoms with Crippen molar-refractivity contribution in [2.24, 2.45) is 5.73 Å². The number of thiazole rings is 1. The summed E-state index contributed by atoms with van der Waals surface area (Å²) in [4.78, 5) is 30.6. The lowest BCUT2D eigenvalue weighted by Crippen LogP contribution is -2.10. The lowest BCUT2D eigenvalue weighted by Gasteiger charge is -2.09. The molecule has 0 aliphatic carbocycles. The molecule has 3 N–H and O–H groups in total. The number of hydrogen-bond acceptors (Lipinski definition) is 7. The predicted octanol–water partition coefficient (Wildman–Crippen LogP) is 5.70. The lowest BCUT2D eigenvalue weighted by molar-refractivity contribution is -0.0980. The first kappa shape index (κ1) is 24.7. The number of carbonyl (C=O) groups excluding carboxylic acids is 2. The van der Waals surface area contributed by atoms with Crippen molar-refractivity contribution in [2.45, 2.75) is 6.42 Å². The van der Waals surface area contributed by atoms with Crippen molar-refractivity contribution in [1.29, 1.82) is 0 Å². The van der Waals surface area contributed by atoms with Crippen LogP contribution in [0.25, 0.3) is 21.3 Å². The third-order valence-electron chi connectivity index (χ3n) is 5.46. The van der Waals surface area contributed by atoms with Gasteiger partial charge in [0.15, 0.2) is 5.75 Å². The van der Waals surface area contributed by atoms with Crippen LogP contribution in [0.15, 0.2) is 85.3 Å². The zero-order valence-corrected chi connectivity index (χ0v) is 20.4. The van der Waals surface area contributed by atoms with Crippen LogP contribution >= 0.6 is 11.3 Å². The van der Waals surface area contributed by atoms with Crippen molar-refractivity contribution in [3.05, 3.63) is 101 Å². The maximum atomic E-state index is 12.6. The van der Waals surface area contributed by atoms with E-state index >= 15 is 0 Å². The van der Waals surface area contributed by atoms with E-state index in [4.69, 9.17) is 9.53 Å². The molecule has 5 aromatic rings. The summed E-state index contributed by atoms with van der Waals surface area (Å²) in [6.07, 6.45) is 6.32. The smallest absolute Gasteiger partial charge is 0.259 e. The number of nitrogens with zero attached hydrogens (tertiary/aromatic N) is 2. The van der Waals surface area contributed by atoms with Crippen LogP contribution < -0.4 is 15.8 Å². The van der Waals surface area contributed by atoms with Crippen LogP contribution in [0.3, 0.4) is 0 Å². The van der Waals surface area contributed by atoms with E-state index in [1.165, 1.54) is 7.05 Å². The average Bonchev–Trinajstić information content (AvgIpc) is 3.35. The van der Waals surface area contributed by atoms with Crippen molar-refractivity contribution in [3.8, 4) is 22.1 Å². The number of hydrogen-bond donors (Lipinski definition) is 2. The van der Waals surface area contributed by atoms with Crippen molar-refractivity contribution in [3.63, 3.8) is 0 Å². The highest BCUT2D eigenvalue weighted by atomic mass is 32.1. The first-order valence-corrected chi connectivity index (χ1v) is 11.9. The Morgan fingerprint density at radius 2 is 1.78 bits per heavy atom. The summed E-state index contributed by atoms with van der Waals surface area (Å²) >= 11 is 1.68. The molecule has 0 radical (unpaired) electrons. The number of para-hydroxylation sites is 1. The summed E-state index contributed by atoms with van der Waals surface area (Å²) in [5.74, 6) is 1.04. The second kappa shape index (κ2) is 11.4. The molecule has 0 atom stereocenters. The molecule has 180 valence electrons. The van der Waals surface area contributed by atoms with Crippen LogP contribution in [0.4, 0.5) is 5.69 Å². The average molecular weight is 497 g/mol. The molecular formula is C28H24N4O3S. The van der Waals surface area contributed by atoms with E-state index in [1.54, 1.807) is 29.7 Å². The maximum absolute atomic E-state index is 12.6. The number of carbonyl (C=O) groups is 2. The number of rotatable bonds is 3. The van der Waals surface area contributed by atoms with Crippen LogP contribution in [0.5, 0.6) is 11.5 Å². The summed E-state index contributed by atoms with van der Waals surface area (Å²) in [7, 11) is 1.50. The molecule has 7 nitrogen and oxygen atoms in total. The van der Waals surface area contributed by atoms with Crippen molar-refractivity contribution >= 4 is 40.5 Å². The van der Waals surface area contributed by atoms with E-state index in [9.17, 15) is 4.79 Å². The summed E-state index contributed by atoms with van der Waals surface area (Å²) in [6.45, 7) is 2.00. The minimum atomic E-state index is -0.164. The fourth-order valence-electron chi connectivity index (χ4n) is 3.87. The zero-order valence-electron chi connectivity index (χ0n) is 19.6. The Kier molecular flexibility index (Phi) is 7.79. The van der Waals surface area contributed by atoms with E-state index in [0.717, 1.165) is 38.2 Å². The highest BCUT2D eigenvalue weighted by Crippen LogP contribution is 2.37. The number of anilines is 1. The minimum absolute atomic E-state index is 0.164. The molecule has 6 rings (SSSR count). The lowest BCUT2D eigenvalue weighted by atomic mass is 10.1. The van der Waals surface area contributed by atoms with Crippen molar-refractivity contribution in [2.75, 3.05) is 12.4 Å². The maximum Gasteiger partial charge on any atom is 0.259 e. The van der Waals surface area contributed by atoms with Gasteiger partial charge in [0.2, 0.25) is 0 Å². The Balaban J connectivity index is 0.000000726. The Labute approximate surface area is 212 Å². The Bertz CT molecular complexity index is 1520. The molecule has 0 fully saturated rings. The van der Waals surface area contributed by atoms with Gasteiger partial charge in [-0.2, -0.15) is 0 Å². The van der Waals surface area contributed by atoms with Gasteiger partial charge in [0.1, 0.15) is 17.5 Å². The SMILES string of the molecule is C=O.CN.O=C1Nc2cc(Cc3cnc(-c4ccc5cnccc5c4)s3)ccc2Oc2ccccc21. The van der Waals surface area contributed by atoms with Crippen LogP contribution in [0.1, 0.15) is 20.8 Å². The number of pyridine rings is 1. The molecule has 2 aromatic heterocycles. The number of ether oxygens (including phenoxy) is 1. The largest absolute Gasteiger partial charge is 0.454 e. The molecule has 3 heterocycles. The number of nitrogens with one attached hydrogen (secondary N) is 1. The minimum Gasteiger partial charge on any atom is -0.454 e. The number of aromatic nitrogens is 2. The van der Waals surface area contributed by atoms with E-state index in [1.807, 2.05) is 55.6 Å². The van der Waals surface area contributed by atoms with Gasteiger partial charge in [0.05, 0.1) is 11.3 Å². The zero-order chi connectivity index (χ0) is 25.5. The fraction of sp³-hybridized carbons (Fsp3) is 0.0714. The van der Waals surface area contributed by atoms with Gasteiger partial charge in [-0.25, -0.2) is 4.98 Å². The molecule has 1 aliphatic rings. The van der Waals surface area contributed by atoms with Gasteiger partial charge < -0.3 is 20.6 Å². The molecule has 1 aliphatic heterocycles. The predicted molar refractivity (Wildman–Crippen MR) is 144 cm³/mol. The second-order valence-corrected chi connectivity index (χ2v) is 8.74. The van der Waals surface area contributed by atoms with E-state index in [2.05, 4.69) is 39.2 Å². The van der Waals surface area contributed by atoms with Gasteiger partial charge in [0, 0.05) is 40.8 Å². The summed E-state index contributed by atoms with van der Waals surface area (Å²) in [5.41, 5.74) is 7.89. The second-order valence-electron chi connectivity index (χ2n) is 7.63. The Morgan fingerprint density at radius 1 is 0.944 bits per heavy atom. The van der Waals surface area contributed by atoms with Gasteiger partial charge in [-0.15, -0.1) is 11.3 Å². The summed E-state index contributed by atoms with van der Waals surface area (Å²) in [5, 5.41) is 6.22. The van der Waals surface area contributed by atoms with Gasteiger partial charge in [0.25, 0.3) is 5.91 Å². The molecule has 8 heteroatoms. The molecule has 0 saturated carbocycles. The third kappa shape index (κ3) is 5.14. The van der Waals surface area contributed by atoms with Gasteiger partial charge >= 0.3 is 0 Å². The highest BCUT2D eigenvalue weighted by molar-refractivity contribution is 7.15. The number of benzene rings is 3. The number of fused-ring (bicyclic) bond motifs is 3. The van der Waals surface area contributed by atoms with Crippen molar-refractivity contribution in [1.82, 2.24) is 9.97 Å². The summed E-state index contributed by atoms with van der Waals surface area (Å²) < 4.78 is 5.98. The molecule has 3 aromatic carbocycles. The van der Waals surface area contributed by atoms with Crippen LogP contribution in [0, 0.1) is 0 Å². The summed E-state index contributed by atoms with van der Waals surface area (Å²) in [6, 6.07) is 21.5. The van der Waals surface area contributed by atoms with Crippen LogP contribution in [0.2, 0.25) is 0 Å². The Morgan fingerprint density at radius 3 is 2.64 bits per heavy atom. The fourth-order valence-corrected chi connectivity index (χ4v) is 4.81. The standard InChI is InChI=1S/C26H17N3O2S.CH5N.CH2O/c30-25-21-3-1-2-4-23(21)31-24-8-5-16(12-22(24)29-25)11-20-15-28-26(32-20)18-6-7-19-14-27-10-9-17(19)13-18;2*1-2/h1-10,12-15H,11H2,(H,29,30);2H2,1H3;1H2. The monoisotopic (exact) mass is 496 g/mol. The van der Waals surface area contributed by atoms with Crippen LogP contribution in [-0.4, -0.2) is 29.7 Å². The quantitative estimate of drug-likeness (QED) is 0.332. The topological polar surface area (TPSA) is 107 Å². The molecule has 0 unspecified atom stereocenters. The first-order chi connectivity index (χ1) is 17.7. The van der Waals surface area contributed by atoms with E-state index < -0.39 is 0 Å². The number of nitrogens with two attached hydrogens (primary N) is 1. The van der Waals surface area contributed by atoms with Crippen LogP contribution in [-0.2, 0) is 11.2 Å². The van der Waals surface area contributed by atoms with E-state index in [0.29, 0.717) is 22.7 Å². The molecule has 0 spiro atoms.